The Morgan fingerprint density at radius 3 is 2.62 bits per heavy atom. The van der Waals surface area contributed by atoms with E-state index in [1.54, 1.807) is 0 Å². The molecule has 1 fully saturated rings. The van der Waals surface area contributed by atoms with Gasteiger partial charge in [-0.05, 0) is 28.1 Å². The second-order valence-corrected chi connectivity index (χ2v) is 7.78. The van der Waals surface area contributed by atoms with Gasteiger partial charge < -0.3 is 14.8 Å². The molecule has 1 saturated heterocycles. The maximum Gasteiger partial charge on any atom is 0.137 e. The minimum absolute atomic E-state index is 0.302. The Kier molecular flexibility index (Phi) is 4.78. The van der Waals surface area contributed by atoms with E-state index in [0.717, 1.165) is 46.7 Å². The molecule has 0 amide bonds. The lowest BCUT2D eigenvalue weighted by atomic mass is 9.97. The molecule has 0 spiro atoms. The van der Waals surface area contributed by atoms with Gasteiger partial charge in [-0.25, -0.2) is 4.98 Å². The van der Waals surface area contributed by atoms with E-state index in [1.807, 2.05) is 30.3 Å². The number of carbonyl (C=O) groups excluding carboxylic acids is 1. The summed E-state index contributed by atoms with van der Waals surface area (Å²) in [7, 11) is 0. The summed E-state index contributed by atoms with van der Waals surface area (Å²) in [6, 6.07) is 14.2. The highest BCUT2D eigenvalue weighted by Gasteiger charge is 2.25. The van der Waals surface area contributed by atoms with Crippen LogP contribution in [-0.4, -0.2) is 28.4 Å². The molecule has 0 radical (unpaired) electrons. The van der Waals surface area contributed by atoms with E-state index in [9.17, 15) is 9.90 Å². The van der Waals surface area contributed by atoms with Gasteiger partial charge in [-0.2, -0.15) is 0 Å². The molecule has 3 aromatic rings. The number of hydrogen-bond acceptors (Lipinski definition) is 3. The smallest absolute Gasteiger partial charge is 0.137 e. The monoisotopic (exact) mass is 413 g/mol. The average Bonchev–Trinajstić information content (AvgIpc) is 3.01. The number of nitrogens with one attached hydrogen (secondary N) is 1. The van der Waals surface area contributed by atoms with Gasteiger partial charge in [0.1, 0.15) is 17.9 Å². The summed E-state index contributed by atoms with van der Waals surface area (Å²) in [4.78, 5) is 17.3. The molecule has 0 aliphatic carbocycles. The summed E-state index contributed by atoms with van der Waals surface area (Å²) in [5.41, 5.74) is 4.19. The maximum atomic E-state index is 11.1. The number of rotatable bonds is 4. The molecule has 0 atom stereocenters. The van der Waals surface area contributed by atoms with Crippen LogP contribution in [-0.2, 0) is 11.3 Å². The van der Waals surface area contributed by atoms with Crippen LogP contribution in [0.2, 0.25) is 0 Å². The molecule has 0 saturated carbocycles. The number of aromatic nitrogens is 2. The number of likely N-dealkylation sites (tertiary alicyclic amines) is 1. The zero-order chi connectivity index (χ0) is 18.1. The summed E-state index contributed by atoms with van der Waals surface area (Å²) >= 11 is 3.55. The fourth-order valence-electron chi connectivity index (χ4n) is 3.74. The number of nitrogens with zero attached hydrogens (tertiary/aromatic N) is 2. The van der Waals surface area contributed by atoms with E-state index in [-0.39, 0.29) is 5.92 Å². The van der Waals surface area contributed by atoms with Crippen molar-refractivity contribution >= 4 is 27.5 Å². The summed E-state index contributed by atoms with van der Waals surface area (Å²) in [5.74, 6) is -1.21. The van der Waals surface area contributed by atoms with Crippen molar-refractivity contribution in [3.8, 4) is 11.3 Å². The second-order valence-electron chi connectivity index (χ2n) is 6.87. The topological polar surface area (TPSA) is 61.9 Å². The van der Waals surface area contributed by atoms with Gasteiger partial charge in [-0.3, -0.25) is 4.40 Å². The molecule has 1 aromatic carbocycles. The third-order valence-electron chi connectivity index (χ3n) is 5.17. The van der Waals surface area contributed by atoms with Gasteiger partial charge in [0.2, 0.25) is 0 Å². The second kappa shape index (κ2) is 7.21. The number of halogens is 1. The van der Waals surface area contributed by atoms with Crippen LogP contribution in [0.3, 0.4) is 0 Å². The predicted molar refractivity (Wildman–Crippen MR) is 100 cm³/mol. The molecule has 6 heteroatoms. The van der Waals surface area contributed by atoms with Gasteiger partial charge in [-0.15, -0.1) is 0 Å². The number of quaternary nitrogens is 1. The Bertz CT molecular complexity index is 931. The highest BCUT2D eigenvalue weighted by molar-refractivity contribution is 9.10. The summed E-state index contributed by atoms with van der Waals surface area (Å²) < 4.78 is 3.15. The van der Waals surface area contributed by atoms with Gasteiger partial charge >= 0.3 is 0 Å². The number of fused-ring (bicyclic) bond motifs is 1. The number of imidazole rings is 1. The van der Waals surface area contributed by atoms with Crippen LogP contribution in [0.5, 0.6) is 0 Å². The number of carboxylic acids is 1. The number of benzene rings is 1. The molecule has 1 aliphatic heterocycles. The molecule has 0 unspecified atom stereocenters. The average molecular weight is 414 g/mol. The number of hydrogen-bond donors (Lipinski definition) is 1. The normalized spacial score (nSPS) is 20.3. The lowest BCUT2D eigenvalue weighted by molar-refractivity contribution is -0.919. The number of carboxylic acid groups (broad SMARTS) is 1. The molecule has 1 aliphatic rings. The van der Waals surface area contributed by atoms with Crippen LogP contribution in [0.25, 0.3) is 16.9 Å². The molecule has 0 bridgehead atoms. The van der Waals surface area contributed by atoms with Crippen LogP contribution >= 0.6 is 15.9 Å². The molecule has 4 rings (SSSR count). The van der Waals surface area contributed by atoms with Crippen LogP contribution < -0.4 is 10.0 Å². The number of pyridine rings is 1. The van der Waals surface area contributed by atoms with E-state index in [0.29, 0.717) is 12.8 Å². The van der Waals surface area contributed by atoms with Gasteiger partial charge in [0.05, 0.1) is 18.8 Å². The maximum absolute atomic E-state index is 11.1. The van der Waals surface area contributed by atoms with Crippen molar-refractivity contribution in [3.63, 3.8) is 0 Å². The number of piperidine rings is 1. The van der Waals surface area contributed by atoms with Gasteiger partial charge in [0.25, 0.3) is 0 Å². The van der Waals surface area contributed by atoms with Crippen molar-refractivity contribution in [3.05, 3.63) is 58.8 Å². The molecule has 134 valence electrons. The van der Waals surface area contributed by atoms with E-state index < -0.39 is 5.97 Å². The minimum Gasteiger partial charge on any atom is -0.550 e. The molecule has 5 nitrogen and oxygen atoms in total. The van der Waals surface area contributed by atoms with Crippen molar-refractivity contribution < 1.29 is 14.8 Å². The highest BCUT2D eigenvalue weighted by atomic mass is 79.9. The fraction of sp³-hybridized carbons (Fsp3) is 0.300. The number of aliphatic carboxylic acids is 1. The molecular weight excluding hydrogens is 394 g/mol. The van der Waals surface area contributed by atoms with Crippen LogP contribution in [0.4, 0.5) is 0 Å². The van der Waals surface area contributed by atoms with Gasteiger partial charge in [0, 0.05) is 41.0 Å². The van der Waals surface area contributed by atoms with E-state index in [4.69, 9.17) is 4.98 Å². The quantitative estimate of drug-likeness (QED) is 0.701. The largest absolute Gasteiger partial charge is 0.550 e. The molecule has 26 heavy (non-hydrogen) atoms. The summed E-state index contributed by atoms with van der Waals surface area (Å²) in [6.45, 7) is 2.50. The Hall–Kier alpha value is -2.18. The van der Waals surface area contributed by atoms with E-state index in [1.165, 1.54) is 4.90 Å². The lowest BCUT2D eigenvalue weighted by Crippen LogP contribution is -3.12. The predicted octanol–water partition coefficient (Wildman–Crippen LogP) is 1.31. The molecule has 3 heterocycles. The van der Waals surface area contributed by atoms with Crippen molar-refractivity contribution in [2.24, 2.45) is 5.92 Å². The molecular formula is C20H20BrN3O2. The van der Waals surface area contributed by atoms with Gasteiger partial charge in [-0.1, -0.05) is 30.3 Å². The van der Waals surface area contributed by atoms with E-state index >= 15 is 0 Å². The summed E-state index contributed by atoms with van der Waals surface area (Å²) in [6.07, 6.45) is 3.41. The zero-order valence-electron chi connectivity index (χ0n) is 14.3. The van der Waals surface area contributed by atoms with Crippen LogP contribution in [0.1, 0.15) is 18.5 Å². The van der Waals surface area contributed by atoms with Crippen molar-refractivity contribution in [1.82, 2.24) is 9.38 Å². The highest BCUT2D eigenvalue weighted by Crippen LogP contribution is 2.25. The minimum atomic E-state index is -0.909. The molecule has 2 aromatic heterocycles. The van der Waals surface area contributed by atoms with Gasteiger partial charge in [0.15, 0.2) is 0 Å². The summed E-state index contributed by atoms with van der Waals surface area (Å²) in [5, 5.41) is 11.1. The Morgan fingerprint density at radius 1 is 1.19 bits per heavy atom. The van der Waals surface area contributed by atoms with E-state index in [2.05, 4.69) is 38.7 Å². The first-order chi connectivity index (χ1) is 12.6. The lowest BCUT2D eigenvalue weighted by Gasteiger charge is -2.29. The number of carbonyl (C=O) groups is 1. The third kappa shape index (κ3) is 3.39. The first-order valence-corrected chi connectivity index (χ1v) is 9.67. The first-order valence-electron chi connectivity index (χ1n) is 8.88. The third-order valence-corrected chi connectivity index (χ3v) is 5.64. The SMILES string of the molecule is O=C([O-])C1CC[NH+](Cc2c(-c3ccccc3)nc3ccc(Br)cn23)CC1. The fourth-order valence-corrected chi connectivity index (χ4v) is 4.08. The Morgan fingerprint density at radius 2 is 1.92 bits per heavy atom. The van der Waals surface area contributed by atoms with Crippen molar-refractivity contribution in [1.29, 1.82) is 0 Å². The van der Waals surface area contributed by atoms with Crippen LogP contribution in [0, 0.1) is 5.92 Å². The van der Waals surface area contributed by atoms with Crippen molar-refractivity contribution in [2.75, 3.05) is 13.1 Å². The van der Waals surface area contributed by atoms with Crippen molar-refractivity contribution in [2.45, 2.75) is 19.4 Å². The zero-order valence-corrected chi connectivity index (χ0v) is 15.9. The standard InChI is InChI=1S/C20H20BrN3O2/c21-16-6-7-18-22-19(14-4-2-1-3-5-14)17(24(18)12-16)13-23-10-8-15(9-11-23)20(25)26/h1-7,12,15H,8-11,13H2,(H,25,26). The molecule has 1 N–H and O–H groups in total. The Labute approximate surface area is 160 Å². The first kappa shape index (κ1) is 17.2. The Balaban J connectivity index is 1.69. The van der Waals surface area contributed by atoms with Crippen LogP contribution in [0.15, 0.2) is 53.1 Å².